The second-order valence-electron chi connectivity index (χ2n) is 28.7. The van der Waals surface area contributed by atoms with E-state index in [2.05, 4.69) is 259 Å². The highest BCUT2D eigenvalue weighted by Gasteiger charge is 2.49. The average molecular weight is 988 g/mol. The lowest BCUT2D eigenvalue weighted by atomic mass is 9.33. The number of para-hydroxylation sites is 2. The monoisotopic (exact) mass is 988 g/mol. The van der Waals surface area contributed by atoms with Crippen molar-refractivity contribution in [1.29, 1.82) is 0 Å². The van der Waals surface area contributed by atoms with Crippen LogP contribution in [0, 0.1) is 6.92 Å². The molecule has 0 spiro atoms. The fourth-order valence-corrected chi connectivity index (χ4v) is 14.4. The van der Waals surface area contributed by atoms with E-state index < -0.39 is 0 Å². The summed E-state index contributed by atoms with van der Waals surface area (Å²) in [5, 5.41) is 0. The van der Waals surface area contributed by atoms with Gasteiger partial charge in [0, 0.05) is 51.2 Å². The molecule has 4 heteroatoms. The Kier molecular flexibility index (Phi) is 11.0. The van der Waals surface area contributed by atoms with Crippen molar-refractivity contribution in [2.75, 3.05) is 14.7 Å². The Labute approximate surface area is 451 Å². The van der Waals surface area contributed by atoms with Crippen LogP contribution < -0.4 is 31.1 Å². The van der Waals surface area contributed by atoms with E-state index in [4.69, 9.17) is 0 Å². The summed E-state index contributed by atoms with van der Waals surface area (Å²) in [6.45, 7) is 39.4. The van der Waals surface area contributed by atoms with Gasteiger partial charge in [0.2, 0.25) is 0 Å². The first-order valence-corrected chi connectivity index (χ1v) is 28.5. The maximum atomic E-state index is 2.74. The van der Waals surface area contributed by atoms with Gasteiger partial charge in [-0.25, -0.2) is 0 Å². The molecule has 0 bridgehead atoms. The van der Waals surface area contributed by atoms with E-state index in [-0.39, 0.29) is 44.6 Å². The van der Waals surface area contributed by atoms with Crippen LogP contribution in [0.3, 0.4) is 0 Å². The number of fused-ring (bicyclic) bond motifs is 7. The summed E-state index contributed by atoms with van der Waals surface area (Å²) >= 11 is 0. The van der Waals surface area contributed by atoms with Gasteiger partial charge in [-0.1, -0.05) is 158 Å². The Morgan fingerprint density at radius 2 is 0.827 bits per heavy atom. The largest absolute Gasteiger partial charge is 0.311 e. The summed E-state index contributed by atoms with van der Waals surface area (Å²) in [4.78, 5) is 7.93. The lowest BCUT2D eigenvalue weighted by Crippen LogP contribution is -2.62. The smallest absolute Gasteiger partial charge is 0.252 e. The fourth-order valence-electron chi connectivity index (χ4n) is 14.4. The van der Waals surface area contributed by atoms with Crippen LogP contribution in [0.15, 0.2) is 133 Å². The van der Waals surface area contributed by atoms with E-state index in [0.717, 1.165) is 29.9 Å². The lowest BCUT2D eigenvalue weighted by molar-refractivity contribution is 0.332. The number of nitrogens with zero attached hydrogens (tertiary/aromatic N) is 3. The van der Waals surface area contributed by atoms with Gasteiger partial charge in [0.25, 0.3) is 6.71 Å². The van der Waals surface area contributed by atoms with Gasteiger partial charge in [-0.15, -0.1) is 0 Å². The minimum absolute atomic E-state index is 0.0228. The molecule has 0 saturated carbocycles. The second kappa shape index (κ2) is 16.5. The minimum Gasteiger partial charge on any atom is -0.311 e. The first-order valence-electron chi connectivity index (χ1n) is 28.5. The van der Waals surface area contributed by atoms with Crippen molar-refractivity contribution in [1.82, 2.24) is 0 Å². The van der Waals surface area contributed by atoms with Crippen molar-refractivity contribution >= 4 is 74.3 Å². The van der Waals surface area contributed by atoms with Crippen molar-refractivity contribution in [2.24, 2.45) is 0 Å². The van der Waals surface area contributed by atoms with Crippen LogP contribution in [0.2, 0.25) is 0 Å². The SMILES string of the molecule is Cc1cc2c(cc1N1c3ccc(N(c4ccccc4)c4ccccc4)cc3B3c4cc5c(cc4N(c4ccc6c(c4)C(C)(C)CCC6(C)C)c4cc(C(C)(C)C)cc1c43)C(C)(C)CCC5(C)C)C(C)(C)CCC2(C)C. The van der Waals surface area contributed by atoms with Crippen molar-refractivity contribution in [3.63, 3.8) is 0 Å². The Hall–Kier alpha value is -6.00. The molecule has 3 aliphatic carbocycles. The maximum absolute atomic E-state index is 2.74. The van der Waals surface area contributed by atoms with Crippen molar-refractivity contribution in [2.45, 2.75) is 187 Å². The van der Waals surface area contributed by atoms with Crippen LogP contribution in [-0.4, -0.2) is 6.71 Å². The van der Waals surface area contributed by atoms with E-state index in [0.29, 0.717) is 0 Å². The molecule has 0 amide bonds. The first-order chi connectivity index (χ1) is 35.2. The van der Waals surface area contributed by atoms with Crippen LogP contribution >= 0.6 is 0 Å². The molecule has 2 heterocycles. The summed E-state index contributed by atoms with van der Waals surface area (Å²) < 4.78 is 0. The highest BCUT2D eigenvalue weighted by Crippen LogP contribution is 2.55. The van der Waals surface area contributed by atoms with Crippen LogP contribution in [-0.2, 0) is 37.9 Å². The van der Waals surface area contributed by atoms with E-state index in [1.165, 1.54) is 121 Å². The summed E-state index contributed by atoms with van der Waals surface area (Å²) in [6, 6.07) is 52.8. The van der Waals surface area contributed by atoms with Gasteiger partial charge in [0.15, 0.2) is 0 Å². The number of aryl methyl sites for hydroxylation is 1. The zero-order valence-corrected chi connectivity index (χ0v) is 48.4. The molecule has 0 atom stereocenters. The predicted molar refractivity (Wildman–Crippen MR) is 324 cm³/mol. The predicted octanol–water partition coefficient (Wildman–Crippen LogP) is 17.9. The summed E-state index contributed by atoms with van der Waals surface area (Å²) in [5.74, 6) is 0. The molecule has 0 unspecified atom stereocenters. The highest BCUT2D eigenvalue weighted by atomic mass is 15.2. The quantitative estimate of drug-likeness (QED) is 0.159. The Bertz CT molecular complexity index is 3410. The Balaban J connectivity index is 1.23. The van der Waals surface area contributed by atoms with Gasteiger partial charge < -0.3 is 14.7 Å². The lowest BCUT2D eigenvalue weighted by Gasteiger charge is -2.49. The molecule has 7 aromatic rings. The summed E-state index contributed by atoms with van der Waals surface area (Å²) in [7, 11) is 0. The van der Waals surface area contributed by atoms with Gasteiger partial charge in [-0.05, 0) is 223 Å². The maximum Gasteiger partial charge on any atom is 0.252 e. The van der Waals surface area contributed by atoms with Crippen LogP contribution in [0.4, 0.5) is 51.2 Å². The number of hydrogen-bond acceptors (Lipinski definition) is 3. The van der Waals surface area contributed by atoms with Crippen molar-refractivity contribution in [3.8, 4) is 0 Å². The molecule has 5 aliphatic rings. The molecule has 2 aliphatic heterocycles. The molecule has 75 heavy (non-hydrogen) atoms. The van der Waals surface area contributed by atoms with Gasteiger partial charge >= 0.3 is 0 Å². The van der Waals surface area contributed by atoms with Crippen LogP contribution in [0.5, 0.6) is 0 Å². The highest BCUT2D eigenvalue weighted by molar-refractivity contribution is 7.00. The molecule has 0 radical (unpaired) electrons. The zero-order valence-electron chi connectivity index (χ0n) is 48.4. The molecule has 7 aromatic carbocycles. The van der Waals surface area contributed by atoms with Crippen molar-refractivity contribution in [3.05, 3.63) is 178 Å². The average Bonchev–Trinajstić information content (AvgIpc) is 3.40. The molecule has 0 N–H and O–H groups in total. The summed E-state index contributed by atoms with van der Waals surface area (Å²) in [5.41, 5.74) is 27.2. The van der Waals surface area contributed by atoms with E-state index in [9.17, 15) is 0 Å². The van der Waals surface area contributed by atoms with E-state index in [1.807, 2.05) is 0 Å². The Morgan fingerprint density at radius 1 is 0.387 bits per heavy atom. The van der Waals surface area contributed by atoms with Gasteiger partial charge in [0.1, 0.15) is 0 Å². The fraction of sp³-hybridized carbons (Fsp3) is 0.408. The molecule has 12 rings (SSSR count). The van der Waals surface area contributed by atoms with E-state index >= 15 is 0 Å². The first kappa shape index (κ1) is 49.9. The summed E-state index contributed by atoms with van der Waals surface area (Å²) in [6.07, 6.45) is 7.04. The Morgan fingerprint density at radius 3 is 1.35 bits per heavy atom. The minimum atomic E-state index is -0.130. The third-order valence-corrected chi connectivity index (χ3v) is 19.7. The van der Waals surface area contributed by atoms with Gasteiger partial charge in [0.05, 0.1) is 0 Å². The molecular weight excluding hydrogens is 906 g/mol. The molecule has 0 saturated heterocycles. The normalized spacial score (nSPS) is 19.7. The van der Waals surface area contributed by atoms with Crippen molar-refractivity contribution < 1.29 is 0 Å². The number of anilines is 9. The molecule has 0 fully saturated rings. The topological polar surface area (TPSA) is 9.72 Å². The third-order valence-electron chi connectivity index (χ3n) is 19.7. The molecule has 3 nitrogen and oxygen atoms in total. The van der Waals surface area contributed by atoms with Gasteiger partial charge in [-0.2, -0.15) is 0 Å². The van der Waals surface area contributed by atoms with E-state index in [1.54, 1.807) is 0 Å². The zero-order chi connectivity index (χ0) is 53.2. The number of benzene rings is 7. The van der Waals surface area contributed by atoms with Crippen LogP contribution in [0.1, 0.15) is 187 Å². The molecule has 0 aromatic heterocycles. The van der Waals surface area contributed by atoms with Gasteiger partial charge in [-0.3, -0.25) is 0 Å². The standard InChI is InChI=1S/C71H82BN3/c1-45-37-52-55(70(13,14)35-33-67(52,7)8)43-60(45)75-59-30-28-50(73(47-23-19-17-20-24-47)48-25-21-18-22-26-48)41-57(59)72-58-42-54-56(71(15,16)36-34-69(54,11)12)44-61(58)74(62-38-46(65(2,3)4)39-63(75)64(62)72)49-27-29-51-53(40-49)68(9,10)32-31-66(51,5)6/h17-30,37-44H,31-36H2,1-16H3. The number of hydrogen-bond donors (Lipinski definition) is 0. The third kappa shape index (κ3) is 7.79. The molecular formula is C71H82BN3. The second-order valence-corrected chi connectivity index (χ2v) is 28.7. The number of rotatable bonds is 5. The molecule has 384 valence electrons. The van der Waals surface area contributed by atoms with Crippen LogP contribution in [0.25, 0.3) is 0 Å².